The average molecular weight is 289 g/mol. The van der Waals surface area contributed by atoms with Gasteiger partial charge in [-0.1, -0.05) is 19.1 Å². The molecule has 3 aliphatic heterocycles. The summed E-state index contributed by atoms with van der Waals surface area (Å²) in [7, 11) is 0. The van der Waals surface area contributed by atoms with Crippen LogP contribution < -0.4 is 56.8 Å². The molecule has 3 saturated heterocycles. The van der Waals surface area contributed by atoms with Crippen molar-refractivity contribution >= 4 is 17.9 Å². The summed E-state index contributed by atoms with van der Waals surface area (Å²) in [4.78, 5) is 10.3. The Morgan fingerprint density at radius 1 is 1.26 bits per heavy atom. The van der Waals surface area contributed by atoms with Gasteiger partial charge in [0.2, 0.25) is 0 Å². The maximum Gasteiger partial charge on any atom is 1.00 e. The Morgan fingerprint density at radius 2 is 1.84 bits per heavy atom. The number of non-ortho nitro benzene ring substituents is 1. The van der Waals surface area contributed by atoms with Crippen molar-refractivity contribution in [2.75, 3.05) is 19.8 Å². The predicted molar refractivity (Wildman–Crippen MR) is 64.4 cm³/mol. The minimum Gasteiger partial charge on any atom is -0.540 e. The first-order valence-electron chi connectivity index (χ1n) is 5.83. The van der Waals surface area contributed by atoms with Crippen LogP contribution in [0.1, 0.15) is 6.92 Å². The van der Waals surface area contributed by atoms with Crippen molar-refractivity contribution in [3.63, 3.8) is 0 Å². The standard InChI is InChI=1S/C11H13BNO5.K/c1-11-6-16-12(17-7-11,18-8-11)9-3-2-4-10(5-9)13(14)15;/h2-5H,6-8H2,1H3;/q-1;+1. The third kappa shape index (κ3) is 2.81. The van der Waals surface area contributed by atoms with Gasteiger partial charge in [-0.25, -0.2) is 0 Å². The number of hydrogen-bond acceptors (Lipinski definition) is 5. The van der Waals surface area contributed by atoms with E-state index in [2.05, 4.69) is 0 Å². The molecule has 0 aromatic heterocycles. The zero-order chi connectivity index (χ0) is 12.8. The summed E-state index contributed by atoms with van der Waals surface area (Å²) in [5.41, 5.74) is 0.494. The van der Waals surface area contributed by atoms with Crippen LogP contribution >= 0.6 is 0 Å². The molecule has 19 heavy (non-hydrogen) atoms. The quantitative estimate of drug-likeness (QED) is 0.352. The number of nitro benzene ring substituents is 1. The van der Waals surface area contributed by atoms with E-state index >= 15 is 0 Å². The number of rotatable bonds is 2. The predicted octanol–water partition coefficient (Wildman–Crippen LogP) is -2.17. The molecule has 0 atom stereocenters. The largest absolute Gasteiger partial charge is 1.00 e. The van der Waals surface area contributed by atoms with E-state index in [4.69, 9.17) is 14.0 Å². The SMILES string of the molecule is CC12CO[B-](c3cccc([N+](=O)[O-])c3)(OC1)OC2.[K+]. The Balaban J connectivity index is 0.00000133. The van der Waals surface area contributed by atoms with Crippen LogP contribution in [0.2, 0.25) is 0 Å². The molecule has 0 saturated carbocycles. The maximum atomic E-state index is 10.8. The van der Waals surface area contributed by atoms with Gasteiger partial charge in [-0.15, -0.1) is 5.46 Å². The molecular formula is C11H13BKNO5. The molecule has 8 heteroatoms. The fourth-order valence-electron chi connectivity index (χ4n) is 2.35. The first-order valence-corrected chi connectivity index (χ1v) is 5.83. The number of nitrogens with zero attached hydrogens (tertiary/aromatic N) is 1. The van der Waals surface area contributed by atoms with Crippen molar-refractivity contribution in [3.8, 4) is 0 Å². The molecule has 2 bridgehead atoms. The van der Waals surface area contributed by atoms with Gasteiger partial charge in [0, 0.05) is 31.3 Å². The van der Waals surface area contributed by atoms with Gasteiger partial charge in [-0.2, -0.15) is 0 Å². The first kappa shape index (κ1) is 15.6. The topological polar surface area (TPSA) is 70.8 Å². The summed E-state index contributed by atoms with van der Waals surface area (Å²) >= 11 is 0. The molecule has 0 spiro atoms. The van der Waals surface area contributed by atoms with Gasteiger partial charge < -0.3 is 14.0 Å². The van der Waals surface area contributed by atoms with Gasteiger partial charge in [-0.05, 0) is 6.07 Å². The summed E-state index contributed by atoms with van der Waals surface area (Å²) in [5.74, 6) is 0. The van der Waals surface area contributed by atoms with E-state index in [1.165, 1.54) is 12.1 Å². The van der Waals surface area contributed by atoms with Crippen LogP contribution in [0, 0.1) is 15.5 Å². The van der Waals surface area contributed by atoms with Crippen molar-refractivity contribution in [3.05, 3.63) is 34.4 Å². The molecule has 0 unspecified atom stereocenters. The molecule has 3 aliphatic rings. The molecule has 0 radical (unpaired) electrons. The Kier molecular flexibility index (Phi) is 4.54. The minimum atomic E-state index is -2.00. The molecule has 0 N–H and O–H groups in total. The van der Waals surface area contributed by atoms with Crippen LogP contribution in [-0.4, -0.2) is 31.5 Å². The van der Waals surface area contributed by atoms with Crippen LogP contribution in [-0.2, 0) is 14.0 Å². The van der Waals surface area contributed by atoms with Crippen LogP contribution in [0.25, 0.3) is 0 Å². The molecule has 0 amide bonds. The Hall–Kier alpha value is 0.201. The second kappa shape index (κ2) is 5.53. The summed E-state index contributed by atoms with van der Waals surface area (Å²) in [6, 6.07) is 6.24. The van der Waals surface area contributed by atoms with Crippen molar-refractivity contribution in [2.24, 2.45) is 5.41 Å². The van der Waals surface area contributed by atoms with E-state index < -0.39 is 11.7 Å². The normalized spacial score (nSPS) is 32.7. The van der Waals surface area contributed by atoms with Gasteiger partial charge in [0.05, 0.1) is 4.92 Å². The third-order valence-corrected chi connectivity index (χ3v) is 3.44. The number of hydrogen-bond donors (Lipinski definition) is 0. The van der Waals surface area contributed by atoms with E-state index in [1.54, 1.807) is 12.1 Å². The molecule has 0 aliphatic carbocycles. The smallest absolute Gasteiger partial charge is 0.540 e. The molecule has 4 rings (SSSR count). The van der Waals surface area contributed by atoms with Crippen molar-refractivity contribution < 1.29 is 70.3 Å². The first-order chi connectivity index (χ1) is 8.53. The van der Waals surface area contributed by atoms with Crippen molar-refractivity contribution in [1.82, 2.24) is 0 Å². The summed E-state index contributed by atoms with van der Waals surface area (Å²) in [6.45, 7) is 1.68. The van der Waals surface area contributed by atoms with E-state index in [-0.39, 0.29) is 62.5 Å². The number of nitro groups is 1. The molecule has 6 nitrogen and oxygen atoms in total. The van der Waals surface area contributed by atoms with Gasteiger partial charge >= 0.3 is 58.1 Å². The van der Waals surface area contributed by atoms with E-state index in [0.717, 1.165) is 0 Å². The van der Waals surface area contributed by atoms with Crippen molar-refractivity contribution in [1.29, 1.82) is 0 Å². The number of fused-ring (bicyclic) bond motifs is 3. The Morgan fingerprint density at radius 3 is 2.37 bits per heavy atom. The molecule has 3 fully saturated rings. The second-order valence-electron chi connectivity index (χ2n) is 5.24. The summed E-state index contributed by atoms with van der Waals surface area (Å²) in [6.07, 6.45) is 0. The number of benzene rings is 1. The zero-order valence-corrected chi connectivity index (χ0v) is 14.1. The maximum absolute atomic E-state index is 10.8. The second-order valence-corrected chi connectivity index (χ2v) is 5.24. The molecule has 1 aromatic rings. The van der Waals surface area contributed by atoms with E-state index in [0.29, 0.717) is 25.3 Å². The van der Waals surface area contributed by atoms with Crippen molar-refractivity contribution in [2.45, 2.75) is 6.92 Å². The van der Waals surface area contributed by atoms with Gasteiger partial charge in [-0.3, -0.25) is 10.1 Å². The van der Waals surface area contributed by atoms with Crippen LogP contribution in [0.5, 0.6) is 0 Å². The van der Waals surface area contributed by atoms with E-state index in [1.807, 2.05) is 6.92 Å². The fraction of sp³-hybridized carbons (Fsp3) is 0.455. The van der Waals surface area contributed by atoms with Gasteiger partial charge in [0.15, 0.2) is 0 Å². The molecule has 1 aromatic carbocycles. The monoisotopic (exact) mass is 289 g/mol. The van der Waals surface area contributed by atoms with E-state index in [9.17, 15) is 10.1 Å². The fourth-order valence-corrected chi connectivity index (χ4v) is 2.35. The van der Waals surface area contributed by atoms with Crippen LogP contribution in [0.4, 0.5) is 5.69 Å². The van der Waals surface area contributed by atoms with Gasteiger partial charge in [0.25, 0.3) is 5.69 Å². The van der Waals surface area contributed by atoms with Crippen LogP contribution in [0.15, 0.2) is 24.3 Å². The Bertz CT molecular complexity index is 487. The summed E-state index contributed by atoms with van der Waals surface area (Å²) < 4.78 is 17.1. The minimum absolute atomic E-state index is 0. The zero-order valence-electron chi connectivity index (χ0n) is 11.0. The molecule has 96 valence electrons. The Labute approximate surface area is 153 Å². The summed E-state index contributed by atoms with van der Waals surface area (Å²) in [5, 5.41) is 10.8. The van der Waals surface area contributed by atoms with Gasteiger partial charge in [0.1, 0.15) is 0 Å². The average Bonchev–Trinajstić information content (AvgIpc) is 2.40. The molecular weight excluding hydrogens is 276 g/mol. The third-order valence-electron chi connectivity index (χ3n) is 3.44. The molecule has 3 heterocycles. The van der Waals surface area contributed by atoms with Crippen LogP contribution in [0.3, 0.4) is 0 Å².